The van der Waals surface area contributed by atoms with Crippen molar-refractivity contribution in [3.63, 3.8) is 0 Å². The van der Waals surface area contributed by atoms with Gasteiger partial charge < -0.3 is 11.5 Å². The Hall–Kier alpha value is -0.310. The average Bonchev–Trinajstić information content (AvgIpc) is 2.35. The van der Waals surface area contributed by atoms with Gasteiger partial charge in [-0.2, -0.15) is 11.8 Å². The Balaban J connectivity index is 2.90. The summed E-state index contributed by atoms with van der Waals surface area (Å²) in [6.45, 7) is 2.51. The first kappa shape index (κ1) is 15.7. The van der Waals surface area contributed by atoms with Crippen molar-refractivity contribution in [1.82, 2.24) is 4.90 Å². The zero-order valence-corrected chi connectivity index (χ0v) is 12.2. The number of nitrogens with two attached hydrogens (primary N) is 2. The molecule has 8 heteroatoms. The summed E-state index contributed by atoms with van der Waals surface area (Å²) in [5.74, 6) is 1.04. The quantitative estimate of drug-likeness (QED) is 0.651. The normalized spacial score (nSPS) is 23.8. The fraction of sp³-hybridized carbons (Fsp3) is 0.900. The Morgan fingerprint density at radius 1 is 1.56 bits per heavy atom. The predicted octanol–water partition coefficient (Wildman–Crippen LogP) is -1.00. The van der Waals surface area contributed by atoms with E-state index in [-0.39, 0.29) is 24.8 Å². The molecule has 2 unspecified atom stereocenters. The van der Waals surface area contributed by atoms with Crippen LogP contribution in [0.4, 0.5) is 0 Å². The number of primary amides is 1. The molecule has 1 fully saturated rings. The van der Waals surface area contributed by atoms with Crippen LogP contribution in [0.5, 0.6) is 0 Å². The highest BCUT2D eigenvalue weighted by Crippen LogP contribution is 2.24. The van der Waals surface area contributed by atoms with E-state index < -0.39 is 21.1 Å². The molecule has 4 N–H and O–H groups in total. The first-order valence-electron chi connectivity index (χ1n) is 5.95. The predicted molar refractivity (Wildman–Crippen MR) is 73.9 cm³/mol. The van der Waals surface area contributed by atoms with Crippen molar-refractivity contribution < 1.29 is 13.2 Å². The number of hydrogen-bond acceptors (Lipinski definition) is 6. The standard InChI is InChI=1S/C10H21N3O3S2/c1-2-18(15,16)10-7-17-4-3-13(10)8(6-11)5-9(12)14/h8,10H,2-7,11H2,1H3,(H2,12,14). The molecule has 1 aliphatic heterocycles. The van der Waals surface area contributed by atoms with Crippen LogP contribution in [0.2, 0.25) is 0 Å². The molecule has 0 bridgehead atoms. The first-order chi connectivity index (χ1) is 8.42. The molecule has 1 aliphatic rings. The summed E-state index contributed by atoms with van der Waals surface area (Å²) < 4.78 is 24.1. The second-order valence-corrected chi connectivity index (χ2v) is 7.88. The highest BCUT2D eigenvalue weighted by molar-refractivity contribution is 8.01. The van der Waals surface area contributed by atoms with Crippen LogP contribution >= 0.6 is 11.8 Å². The minimum Gasteiger partial charge on any atom is -0.370 e. The SMILES string of the molecule is CCS(=O)(=O)C1CSCCN1C(CN)CC(N)=O. The molecule has 6 nitrogen and oxygen atoms in total. The molecule has 106 valence electrons. The van der Waals surface area contributed by atoms with E-state index in [1.807, 2.05) is 4.90 Å². The van der Waals surface area contributed by atoms with E-state index in [1.165, 1.54) is 0 Å². The molecule has 1 rings (SSSR count). The van der Waals surface area contributed by atoms with Crippen LogP contribution in [0.15, 0.2) is 0 Å². The Labute approximate surface area is 112 Å². The summed E-state index contributed by atoms with van der Waals surface area (Å²) in [6.07, 6.45) is 0.108. The summed E-state index contributed by atoms with van der Waals surface area (Å²) in [5, 5.41) is -0.547. The van der Waals surface area contributed by atoms with Crippen LogP contribution in [0, 0.1) is 0 Å². The van der Waals surface area contributed by atoms with Gasteiger partial charge in [0.25, 0.3) is 0 Å². The lowest BCUT2D eigenvalue weighted by Gasteiger charge is -2.39. The Kier molecular flexibility index (Phi) is 5.90. The van der Waals surface area contributed by atoms with Crippen molar-refractivity contribution >= 4 is 27.5 Å². The van der Waals surface area contributed by atoms with Crippen molar-refractivity contribution in [2.24, 2.45) is 11.5 Å². The Bertz CT molecular complexity index is 386. The molecule has 0 spiro atoms. The zero-order chi connectivity index (χ0) is 13.8. The van der Waals surface area contributed by atoms with Crippen LogP contribution in [0.1, 0.15) is 13.3 Å². The van der Waals surface area contributed by atoms with E-state index in [1.54, 1.807) is 18.7 Å². The highest BCUT2D eigenvalue weighted by Gasteiger charge is 2.36. The average molecular weight is 295 g/mol. The van der Waals surface area contributed by atoms with Crippen LogP contribution in [-0.4, -0.2) is 61.0 Å². The van der Waals surface area contributed by atoms with Gasteiger partial charge in [-0.3, -0.25) is 9.69 Å². The second-order valence-electron chi connectivity index (χ2n) is 4.28. The third kappa shape index (κ3) is 3.84. The summed E-state index contributed by atoms with van der Waals surface area (Å²) in [4.78, 5) is 12.9. The number of rotatable bonds is 6. The minimum absolute atomic E-state index is 0.0998. The van der Waals surface area contributed by atoms with Crippen molar-refractivity contribution in [2.75, 3.05) is 30.3 Å². The highest BCUT2D eigenvalue weighted by atomic mass is 32.2. The van der Waals surface area contributed by atoms with Gasteiger partial charge in [0.15, 0.2) is 9.84 Å². The lowest BCUT2D eigenvalue weighted by Crippen LogP contribution is -2.55. The van der Waals surface area contributed by atoms with Gasteiger partial charge >= 0.3 is 0 Å². The molecule has 1 heterocycles. The largest absolute Gasteiger partial charge is 0.370 e. The fourth-order valence-electron chi connectivity index (χ4n) is 2.08. The summed E-state index contributed by atoms with van der Waals surface area (Å²) >= 11 is 1.62. The number of nitrogens with zero attached hydrogens (tertiary/aromatic N) is 1. The van der Waals surface area contributed by atoms with E-state index in [0.717, 1.165) is 5.75 Å². The van der Waals surface area contributed by atoms with Gasteiger partial charge in [0, 0.05) is 42.8 Å². The van der Waals surface area contributed by atoms with Gasteiger partial charge in [0.1, 0.15) is 5.37 Å². The number of carbonyl (C=O) groups excluding carboxylic acids is 1. The van der Waals surface area contributed by atoms with Gasteiger partial charge in [-0.1, -0.05) is 6.92 Å². The number of thioether (sulfide) groups is 1. The van der Waals surface area contributed by atoms with E-state index >= 15 is 0 Å². The van der Waals surface area contributed by atoms with Crippen molar-refractivity contribution in [2.45, 2.75) is 24.8 Å². The monoisotopic (exact) mass is 295 g/mol. The number of sulfone groups is 1. The maximum absolute atomic E-state index is 12.1. The zero-order valence-electron chi connectivity index (χ0n) is 10.5. The molecular weight excluding hydrogens is 274 g/mol. The van der Waals surface area contributed by atoms with Crippen molar-refractivity contribution in [1.29, 1.82) is 0 Å². The topological polar surface area (TPSA) is 106 Å². The maximum Gasteiger partial charge on any atom is 0.219 e. The Morgan fingerprint density at radius 2 is 2.22 bits per heavy atom. The number of hydrogen-bond donors (Lipinski definition) is 2. The Morgan fingerprint density at radius 3 is 2.72 bits per heavy atom. The first-order valence-corrected chi connectivity index (χ1v) is 8.82. The fourth-order valence-corrected chi connectivity index (χ4v) is 5.17. The third-order valence-corrected chi connectivity index (χ3v) is 6.42. The molecule has 0 aliphatic carbocycles. The third-order valence-electron chi connectivity index (χ3n) is 3.12. The molecule has 0 radical (unpaired) electrons. The maximum atomic E-state index is 12.1. The van der Waals surface area contributed by atoms with Gasteiger partial charge in [-0.05, 0) is 0 Å². The minimum atomic E-state index is -3.16. The molecule has 0 aromatic heterocycles. The van der Waals surface area contributed by atoms with Crippen LogP contribution < -0.4 is 11.5 Å². The molecule has 0 saturated carbocycles. The molecular formula is C10H21N3O3S2. The summed E-state index contributed by atoms with van der Waals surface area (Å²) in [5.41, 5.74) is 10.8. The van der Waals surface area contributed by atoms with E-state index in [0.29, 0.717) is 12.3 Å². The van der Waals surface area contributed by atoms with E-state index in [9.17, 15) is 13.2 Å². The lowest BCUT2D eigenvalue weighted by atomic mass is 10.1. The van der Waals surface area contributed by atoms with Gasteiger partial charge in [0.05, 0.1) is 0 Å². The smallest absolute Gasteiger partial charge is 0.219 e. The van der Waals surface area contributed by atoms with Gasteiger partial charge in [-0.15, -0.1) is 0 Å². The van der Waals surface area contributed by atoms with Crippen molar-refractivity contribution in [3.05, 3.63) is 0 Å². The number of carbonyl (C=O) groups is 1. The van der Waals surface area contributed by atoms with E-state index in [2.05, 4.69) is 0 Å². The second kappa shape index (κ2) is 6.74. The van der Waals surface area contributed by atoms with Gasteiger partial charge in [0.2, 0.25) is 5.91 Å². The molecule has 2 atom stereocenters. The summed E-state index contributed by atoms with van der Waals surface area (Å²) in [6, 6.07) is -0.283. The lowest BCUT2D eigenvalue weighted by molar-refractivity contribution is -0.119. The van der Waals surface area contributed by atoms with E-state index in [4.69, 9.17) is 11.5 Å². The van der Waals surface area contributed by atoms with Crippen LogP contribution in [-0.2, 0) is 14.6 Å². The van der Waals surface area contributed by atoms with Gasteiger partial charge in [-0.25, -0.2) is 8.42 Å². The molecule has 0 aromatic carbocycles. The number of amides is 1. The van der Waals surface area contributed by atoms with Crippen LogP contribution in [0.25, 0.3) is 0 Å². The molecule has 1 saturated heterocycles. The van der Waals surface area contributed by atoms with Crippen LogP contribution in [0.3, 0.4) is 0 Å². The summed E-state index contributed by atoms with van der Waals surface area (Å²) in [7, 11) is -3.16. The molecule has 0 aromatic rings. The molecule has 1 amide bonds. The van der Waals surface area contributed by atoms with Crippen molar-refractivity contribution in [3.8, 4) is 0 Å². The molecule has 18 heavy (non-hydrogen) atoms.